The van der Waals surface area contributed by atoms with E-state index in [1.807, 2.05) is 20.8 Å². The molecule has 0 spiro atoms. The Bertz CT molecular complexity index is 337. The number of rotatable bonds is 2. The number of piperidine rings is 1. The first kappa shape index (κ1) is 15.8. The van der Waals surface area contributed by atoms with Crippen LogP contribution in [-0.2, 0) is 9.53 Å². The van der Waals surface area contributed by atoms with Gasteiger partial charge in [0, 0.05) is 20.6 Å². The zero-order valence-electron chi connectivity index (χ0n) is 12.4. The predicted molar refractivity (Wildman–Crippen MR) is 72.8 cm³/mol. The molecular formula is C13H25N3O3. The molecule has 2 N–H and O–H groups in total. The third-order valence-electron chi connectivity index (χ3n) is 2.94. The van der Waals surface area contributed by atoms with E-state index in [0.29, 0.717) is 6.54 Å². The van der Waals surface area contributed by atoms with Gasteiger partial charge in [-0.2, -0.15) is 0 Å². The lowest BCUT2D eigenvalue weighted by molar-refractivity contribution is -0.134. The van der Waals surface area contributed by atoms with Gasteiger partial charge in [-0.25, -0.2) is 4.79 Å². The number of nitrogens with zero attached hydrogens (tertiary/aromatic N) is 1. The average Bonchev–Trinajstić information content (AvgIpc) is 2.26. The summed E-state index contributed by atoms with van der Waals surface area (Å²) >= 11 is 0. The summed E-state index contributed by atoms with van der Waals surface area (Å²) in [5, 5.41) is 5.98. The largest absolute Gasteiger partial charge is 0.444 e. The molecule has 19 heavy (non-hydrogen) atoms. The number of carbonyl (C=O) groups is 2. The molecule has 6 nitrogen and oxygen atoms in total. The monoisotopic (exact) mass is 271 g/mol. The Labute approximate surface area is 114 Å². The molecule has 1 heterocycles. The molecule has 1 aliphatic heterocycles. The van der Waals surface area contributed by atoms with Crippen LogP contribution in [0.25, 0.3) is 0 Å². The van der Waals surface area contributed by atoms with Gasteiger partial charge in [0.2, 0.25) is 5.91 Å². The summed E-state index contributed by atoms with van der Waals surface area (Å²) < 4.78 is 5.23. The molecule has 1 rings (SSSR count). The summed E-state index contributed by atoms with van der Waals surface area (Å²) in [7, 11) is 3.46. The summed E-state index contributed by atoms with van der Waals surface area (Å²) in [4.78, 5) is 25.4. The molecule has 6 heteroatoms. The van der Waals surface area contributed by atoms with E-state index in [0.717, 1.165) is 13.0 Å². The fourth-order valence-electron chi connectivity index (χ4n) is 2.10. The highest BCUT2D eigenvalue weighted by Gasteiger charge is 2.33. The molecule has 0 aromatic carbocycles. The predicted octanol–water partition coefficient (Wildman–Crippen LogP) is 0.577. The molecule has 110 valence electrons. The minimum Gasteiger partial charge on any atom is -0.444 e. The molecule has 0 saturated carbocycles. The molecule has 1 aliphatic rings. The Balaban J connectivity index is 2.63. The van der Waals surface area contributed by atoms with Crippen LogP contribution >= 0.6 is 0 Å². The van der Waals surface area contributed by atoms with Crippen molar-refractivity contribution in [3.8, 4) is 0 Å². The molecule has 0 unspecified atom stereocenters. The van der Waals surface area contributed by atoms with E-state index in [-0.39, 0.29) is 17.9 Å². The lowest BCUT2D eigenvalue weighted by Crippen LogP contribution is -2.55. The Hall–Kier alpha value is -1.30. The standard InChI is InChI=1S/C13H25N3O3/c1-13(2,3)19-12(18)15-10-8-14-7-6-9(10)11(17)16(4)5/h9-10,14H,6-8H2,1-5H3,(H,15,18)/t9-,10-/m1/s1. The topological polar surface area (TPSA) is 70.7 Å². The second-order valence-corrected chi connectivity index (χ2v) is 6.08. The van der Waals surface area contributed by atoms with Crippen molar-refractivity contribution >= 4 is 12.0 Å². The van der Waals surface area contributed by atoms with Gasteiger partial charge in [-0.3, -0.25) is 4.79 Å². The van der Waals surface area contributed by atoms with Crippen LogP contribution in [-0.4, -0.2) is 55.7 Å². The van der Waals surface area contributed by atoms with E-state index < -0.39 is 11.7 Å². The fraction of sp³-hybridized carbons (Fsp3) is 0.846. The highest BCUT2D eigenvalue weighted by atomic mass is 16.6. The average molecular weight is 271 g/mol. The molecule has 0 bridgehead atoms. The number of hydrogen-bond acceptors (Lipinski definition) is 4. The second-order valence-electron chi connectivity index (χ2n) is 6.08. The van der Waals surface area contributed by atoms with Crippen molar-refractivity contribution in [1.29, 1.82) is 0 Å². The number of alkyl carbamates (subject to hydrolysis) is 1. The van der Waals surface area contributed by atoms with E-state index in [9.17, 15) is 9.59 Å². The van der Waals surface area contributed by atoms with E-state index in [1.54, 1.807) is 19.0 Å². The normalized spacial score (nSPS) is 23.6. The van der Waals surface area contributed by atoms with Gasteiger partial charge in [-0.1, -0.05) is 0 Å². The third-order valence-corrected chi connectivity index (χ3v) is 2.94. The highest BCUT2D eigenvalue weighted by molar-refractivity contribution is 5.80. The van der Waals surface area contributed by atoms with Crippen LogP contribution in [0.3, 0.4) is 0 Å². The van der Waals surface area contributed by atoms with Crippen LogP contribution in [0.1, 0.15) is 27.2 Å². The molecule has 0 aromatic heterocycles. The van der Waals surface area contributed by atoms with Gasteiger partial charge in [0.15, 0.2) is 0 Å². The van der Waals surface area contributed by atoms with E-state index in [4.69, 9.17) is 4.74 Å². The van der Waals surface area contributed by atoms with Crippen LogP contribution in [0.2, 0.25) is 0 Å². The second kappa shape index (κ2) is 6.23. The van der Waals surface area contributed by atoms with Gasteiger partial charge in [-0.15, -0.1) is 0 Å². The Morgan fingerprint density at radius 1 is 1.32 bits per heavy atom. The summed E-state index contributed by atoms with van der Waals surface area (Å²) in [6.45, 7) is 6.82. The number of carbonyl (C=O) groups excluding carboxylic acids is 2. The van der Waals surface area contributed by atoms with Crippen molar-refractivity contribution in [2.24, 2.45) is 5.92 Å². The number of amides is 2. The van der Waals surface area contributed by atoms with Gasteiger partial charge in [-0.05, 0) is 33.7 Å². The van der Waals surface area contributed by atoms with Crippen molar-refractivity contribution < 1.29 is 14.3 Å². The van der Waals surface area contributed by atoms with Crippen molar-refractivity contribution in [1.82, 2.24) is 15.5 Å². The maximum absolute atomic E-state index is 12.1. The summed E-state index contributed by atoms with van der Waals surface area (Å²) in [5.41, 5.74) is -0.534. The Kier molecular flexibility index (Phi) is 5.17. The molecule has 2 amide bonds. The van der Waals surface area contributed by atoms with Crippen LogP contribution in [0, 0.1) is 5.92 Å². The van der Waals surface area contributed by atoms with Gasteiger partial charge < -0.3 is 20.3 Å². The minimum absolute atomic E-state index is 0.0440. The lowest BCUT2D eigenvalue weighted by atomic mass is 9.91. The third kappa shape index (κ3) is 5.06. The molecule has 0 aliphatic carbocycles. The Morgan fingerprint density at radius 2 is 1.95 bits per heavy atom. The number of ether oxygens (including phenoxy) is 1. The van der Waals surface area contributed by atoms with Gasteiger partial charge in [0.25, 0.3) is 0 Å². The van der Waals surface area contributed by atoms with Crippen molar-refractivity contribution in [3.05, 3.63) is 0 Å². The van der Waals surface area contributed by atoms with Gasteiger partial charge in [0.1, 0.15) is 5.60 Å². The zero-order valence-corrected chi connectivity index (χ0v) is 12.4. The van der Waals surface area contributed by atoms with Crippen molar-refractivity contribution in [2.45, 2.75) is 38.8 Å². The molecule has 1 saturated heterocycles. The van der Waals surface area contributed by atoms with Crippen LogP contribution in [0.15, 0.2) is 0 Å². The molecule has 0 aromatic rings. The molecular weight excluding hydrogens is 246 g/mol. The first-order valence-corrected chi connectivity index (χ1v) is 6.62. The molecule has 0 radical (unpaired) electrons. The quantitative estimate of drug-likeness (QED) is 0.770. The number of hydrogen-bond donors (Lipinski definition) is 2. The SMILES string of the molecule is CN(C)C(=O)[C@@H]1CCNC[C@H]1NC(=O)OC(C)(C)C. The summed E-state index contributed by atoms with van der Waals surface area (Å²) in [6, 6.07) is -0.224. The minimum atomic E-state index is -0.534. The summed E-state index contributed by atoms with van der Waals surface area (Å²) in [6.07, 6.45) is 0.245. The zero-order chi connectivity index (χ0) is 14.6. The van der Waals surface area contributed by atoms with Gasteiger partial charge >= 0.3 is 6.09 Å². The maximum atomic E-state index is 12.1. The van der Waals surface area contributed by atoms with Gasteiger partial charge in [0.05, 0.1) is 12.0 Å². The maximum Gasteiger partial charge on any atom is 0.407 e. The lowest BCUT2D eigenvalue weighted by Gasteiger charge is -2.33. The fourth-order valence-corrected chi connectivity index (χ4v) is 2.10. The smallest absolute Gasteiger partial charge is 0.407 e. The highest BCUT2D eigenvalue weighted by Crippen LogP contribution is 2.16. The van der Waals surface area contributed by atoms with E-state index in [2.05, 4.69) is 10.6 Å². The summed E-state index contributed by atoms with van der Waals surface area (Å²) in [5.74, 6) is -0.147. The van der Waals surface area contributed by atoms with Crippen molar-refractivity contribution in [3.63, 3.8) is 0 Å². The molecule has 1 fully saturated rings. The first-order chi connectivity index (χ1) is 8.70. The number of nitrogens with one attached hydrogen (secondary N) is 2. The first-order valence-electron chi connectivity index (χ1n) is 6.62. The van der Waals surface area contributed by atoms with Crippen LogP contribution in [0.5, 0.6) is 0 Å². The van der Waals surface area contributed by atoms with E-state index >= 15 is 0 Å². The van der Waals surface area contributed by atoms with E-state index in [1.165, 1.54) is 0 Å². The Morgan fingerprint density at radius 3 is 2.47 bits per heavy atom. The van der Waals surface area contributed by atoms with Crippen molar-refractivity contribution in [2.75, 3.05) is 27.2 Å². The van der Waals surface area contributed by atoms with Crippen LogP contribution in [0.4, 0.5) is 4.79 Å². The van der Waals surface area contributed by atoms with Crippen LogP contribution < -0.4 is 10.6 Å². The molecule has 2 atom stereocenters.